The van der Waals surface area contributed by atoms with Gasteiger partial charge in [-0.1, -0.05) is 17.7 Å². The highest BCUT2D eigenvalue weighted by Gasteiger charge is 2.48. The number of nitrogens with one attached hydrogen (secondary N) is 5. The van der Waals surface area contributed by atoms with E-state index in [1.807, 2.05) is 19.1 Å². The summed E-state index contributed by atoms with van der Waals surface area (Å²) in [6.07, 6.45) is -1.49. The Labute approximate surface area is 172 Å². The van der Waals surface area contributed by atoms with E-state index in [1.54, 1.807) is 12.1 Å². The summed E-state index contributed by atoms with van der Waals surface area (Å²) < 4.78 is 13.1. The molecule has 3 amide bonds. The number of amides is 3. The molecule has 0 bridgehead atoms. The van der Waals surface area contributed by atoms with Crippen LogP contribution in [0.1, 0.15) is 12.0 Å². The molecule has 4 unspecified atom stereocenters. The highest BCUT2D eigenvalue weighted by Crippen LogP contribution is 2.28. The van der Waals surface area contributed by atoms with E-state index in [4.69, 9.17) is 0 Å². The minimum Gasteiger partial charge on any atom is -0.353 e. The number of halogens is 1. The van der Waals surface area contributed by atoms with E-state index in [9.17, 15) is 18.8 Å². The van der Waals surface area contributed by atoms with Crippen LogP contribution in [0.2, 0.25) is 0 Å². The number of rotatable bonds is 4. The Hall–Kier alpha value is -3.46. The third-order valence-electron chi connectivity index (χ3n) is 5.26. The fourth-order valence-corrected chi connectivity index (χ4v) is 3.74. The predicted octanol–water partition coefficient (Wildman–Crippen LogP) is 1.27. The van der Waals surface area contributed by atoms with Crippen LogP contribution in [0.15, 0.2) is 48.5 Å². The molecule has 2 aromatic carbocycles. The Bertz CT molecular complexity index is 964. The molecule has 2 fully saturated rings. The molecule has 0 aromatic heterocycles. The Morgan fingerprint density at radius 2 is 1.67 bits per heavy atom. The summed E-state index contributed by atoms with van der Waals surface area (Å²) >= 11 is 0. The third kappa shape index (κ3) is 4.25. The molecular weight excluding hydrogens is 389 g/mol. The molecule has 0 spiro atoms. The average molecular weight is 411 g/mol. The molecule has 30 heavy (non-hydrogen) atoms. The lowest BCUT2D eigenvalue weighted by atomic mass is 9.81. The van der Waals surface area contributed by atoms with Gasteiger partial charge in [0, 0.05) is 17.8 Å². The van der Waals surface area contributed by atoms with Crippen LogP contribution in [0.3, 0.4) is 0 Å². The van der Waals surface area contributed by atoms with Crippen molar-refractivity contribution in [1.29, 1.82) is 0 Å². The van der Waals surface area contributed by atoms with Crippen LogP contribution in [0.4, 0.5) is 15.8 Å². The Kier molecular flexibility index (Phi) is 5.37. The van der Waals surface area contributed by atoms with Gasteiger partial charge < -0.3 is 21.3 Å². The maximum absolute atomic E-state index is 13.1. The molecule has 4 atom stereocenters. The molecule has 2 heterocycles. The van der Waals surface area contributed by atoms with E-state index in [2.05, 4.69) is 26.6 Å². The van der Waals surface area contributed by atoms with Crippen molar-refractivity contribution in [2.45, 2.75) is 25.8 Å². The summed E-state index contributed by atoms with van der Waals surface area (Å²) in [6.45, 7) is 1.94. The molecule has 4 rings (SSSR count). The summed E-state index contributed by atoms with van der Waals surface area (Å²) in [5.74, 6) is -3.01. The lowest BCUT2D eigenvalue weighted by molar-refractivity contribution is -0.144. The molecule has 0 aliphatic carbocycles. The number of benzene rings is 2. The zero-order valence-corrected chi connectivity index (χ0v) is 16.2. The topological polar surface area (TPSA) is 111 Å². The SMILES string of the molecule is Cc1ccc(NC(=O)C2CC(=O)NC3NC(Nc4ccc(F)cc4)NC(=O)C32)cc1. The van der Waals surface area contributed by atoms with Crippen LogP contribution >= 0.6 is 0 Å². The summed E-state index contributed by atoms with van der Waals surface area (Å²) in [4.78, 5) is 37.9. The second-order valence-corrected chi connectivity index (χ2v) is 7.50. The van der Waals surface area contributed by atoms with Gasteiger partial charge in [0.2, 0.25) is 17.7 Å². The quantitative estimate of drug-likeness (QED) is 0.520. The average Bonchev–Trinajstić information content (AvgIpc) is 2.70. The van der Waals surface area contributed by atoms with E-state index in [-0.39, 0.29) is 30.0 Å². The molecule has 0 saturated carbocycles. The van der Waals surface area contributed by atoms with Crippen molar-refractivity contribution < 1.29 is 18.8 Å². The summed E-state index contributed by atoms with van der Waals surface area (Å²) in [6, 6.07) is 12.9. The molecule has 0 radical (unpaired) electrons. The predicted molar refractivity (Wildman–Crippen MR) is 108 cm³/mol. The number of hydrogen-bond donors (Lipinski definition) is 5. The summed E-state index contributed by atoms with van der Waals surface area (Å²) in [5.41, 5.74) is 2.25. The maximum Gasteiger partial charge on any atom is 0.229 e. The number of anilines is 2. The highest BCUT2D eigenvalue weighted by atomic mass is 19.1. The van der Waals surface area contributed by atoms with Gasteiger partial charge >= 0.3 is 0 Å². The number of carbonyl (C=O) groups is 3. The zero-order chi connectivity index (χ0) is 21.3. The number of piperidine rings is 1. The highest BCUT2D eigenvalue weighted by molar-refractivity contribution is 6.00. The molecule has 9 heteroatoms. The van der Waals surface area contributed by atoms with Crippen LogP contribution in [0, 0.1) is 24.6 Å². The van der Waals surface area contributed by atoms with Crippen LogP contribution in [-0.2, 0) is 14.4 Å². The van der Waals surface area contributed by atoms with Crippen LogP contribution < -0.4 is 26.6 Å². The Balaban J connectivity index is 1.47. The van der Waals surface area contributed by atoms with Crippen LogP contribution in [0.5, 0.6) is 0 Å². The number of aryl methyl sites for hydroxylation is 1. The van der Waals surface area contributed by atoms with Gasteiger partial charge in [0.25, 0.3) is 0 Å². The fraction of sp³-hybridized carbons (Fsp3) is 0.286. The van der Waals surface area contributed by atoms with E-state index in [0.29, 0.717) is 11.4 Å². The molecule has 2 aliphatic heterocycles. The van der Waals surface area contributed by atoms with Gasteiger partial charge in [-0.25, -0.2) is 4.39 Å². The van der Waals surface area contributed by atoms with Crippen molar-refractivity contribution in [3.05, 3.63) is 59.9 Å². The first-order chi connectivity index (χ1) is 14.4. The minimum absolute atomic E-state index is 0.0793. The van der Waals surface area contributed by atoms with Gasteiger partial charge in [-0.15, -0.1) is 0 Å². The second-order valence-electron chi connectivity index (χ2n) is 7.50. The van der Waals surface area contributed by atoms with Crippen molar-refractivity contribution in [3.63, 3.8) is 0 Å². The third-order valence-corrected chi connectivity index (χ3v) is 5.26. The maximum atomic E-state index is 13.1. The zero-order valence-electron chi connectivity index (χ0n) is 16.2. The van der Waals surface area contributed by atoms with E-state index in [1.165, 1.54) is 24.3 Å². The second kappa shape index (κ2) is 8.11. The molecule has 2 aliphatic rings. The lowest BCUT2D eigenvalue weighted by Crippen LogP contribution is -2.72. The largest absolute Gasteiger partial charge is 0.353 e. The van der Waals surface area contributed by atoms with E-state index >= 15 is 0 Å². The molecular formula is C21H22FN5O3. The monoisotopic (exact) mass is 411 g/mol. The molecule has 5 N–H and O–H groups in total. The normalized spacial score (nSPS) is 25.5. The molecule has 2 aromatic rings. The van der Waals surface area contributed by atoms with Gasteiger partial charge in [-0.05, 0) is 43.3 Å². The molecule has 156 valence electrons. The Morgan fingerprint density at radius 1 is 1.00 bits per heavy atom. The van der Waals surface area contributed by atoms with Gasteiger partial charge in [0.05, 0.1) is 18.0 Å². The number of carbonyl (C=O) groups excluding carboxylic acids is 3. The van der Waals surface area contributed by atoms with Crippen LogP contribution in [0.25, 0.3) is 0 Å². The van der Waals surface area contributed by atoms with Gasteiger partial charge in [0.1, 0.15) is 5.82 Å². The Morgan fingerprint density at radius 3 is 2.37 bits per heavy atom. The van der Waals surface area contributed by atoms with Gasteiger partial charge in [-0.2, -0.15) is 0 Å². The van der Waals surface area contributed by atoms with E-state index in [0.717, 1.165) is 5.56 Å². The number of fused-ring (bicyclic) bond motifs is 1. The fourth-order valence-electron chi connectivity index (χ4n) is 3.74. The van der Waals surface area contributed by atoms with Crippen LogP contribution in [-0.4, -0.2) is 30.2 Å². The van der Waals surface area contributed by atoms with Gasteiger partial charge in [0.15, 0.2) is 6.29 Å². The lowest BCUT2D eigenvalue weighted by Gasteiger charge is -2.43. The number of hydrogen-bond acceptors (Lipinski definition) is 5. The smallest absolute Gasteiger partial charge is 0.229 e. The first kappa shape index (κ1) is 19.8. The van der Waals surface area contributed by atoms with Crippen molar-refractivity contribution in [1.82, 2.24) is 16.0 Å². The first-order valence-electron chi connectivity index (χ1n) is 9.64. The van der Waals surface area contributed by atoms with E-state index < -0.39 is 24.3 Å². The molecule has 2 saturated heterocycles. The van der Waals surface area contributed by atoms with Crippen molar-refractivity contribution in [3.8, 4) is 0 Å². The summed E-state index contributed by atoms with van der Waals surface area (Å²) in [5, 5.41) is 14.4. The first-order valence-corrected chi connectivity index (χ1v) is 9.64. The van der Waals surface area contributed by atoms with Gasteiger partial charge in [-0.3, -0.25) is 19.7 Å². The van der Waals surface area contributed by atoms with Crippen molar-refractivity contribution in [2.75, 3.05) is 10.6 Å². The summed E-state index contributed by atoms with van der Waals surface area (Å²) in [7, 11) is 0. The standard InChI is InChI=1S/C21H22FN5O3/c1-11-2-6-13(7-3-11)23-19(29)15-10-16(28)25-18-17(15)20(30)27-21(26-18)24-14-8-4-12(22)5-9-14/h2-9,15,17-18,21,24,26H,10H2,1H3,(H,23,29)(H,25,28)(H,27,30). The minimum atomic E-state index is -0.815. The van der Waals surface area contributed by atoms with Crippen molar-refractivity contribution in [2.24, 2.45) is 11.8 Å². The molecule has 8 nitrogen and oxygen atoms in total. The van der Waals surface area contributed by atoms with Crippen molar-refractivity contribution >= 4 is 29.1 Å².